The third-order valence-corrected chi connectivity index (χ3v) is 4.81. The molecule has 0 spiro atoms. The summed E-state index contributed by atoms with van der Waals surface area (Å²) in [4.78, 5) is 5.26. The predicted molar refractivity (Wildman–Crippen MR) is 86.5 cm³/mol. The summed E-state index contributed by atoms with van der Waals surface area (Å²) in [7, 11) is 0. The molecule has 0 N–H and O–H groups in total. The minimum Gasteiger partial charge on any atom is -0.353 e. The van der Waals surface area contributed by atoms with E-state index in [1.165, 1.54) is 58.4 Å². The largest absolute Gasteiger partial charge is 0.353 e. The second-order valence-corrected chi connectivity index (χ2v) is 6.42. The lowest BCUT2D eigenvalue weighted by molar-refractivity contribution is -0.142. The maximum atomic E-state index is 5.63. The maximum Gasteiger partial charge on any atom is 0.158 e. The molecule has 2 saturated heterocycles. The molecule has 0 saturated carbocycles. The molecule has 2 aliphatic heterocycles. The van der Waals surface area contributed by atoms with Gasteiger partial charge in [0.2, 0.25) is 0 Å². The molecule has 0 radical (unpaired) electrons. The van der Waals surface area contributed by atoms with Crippen LogP contribution in [0.1, 0.15) is 46.0 Å². The highest BCUT2D eigenvalue weighted by Crippen LogP contribution is 2.21. The quantitative estimate of drug-likeness (QED) is 0.611. The van der Waals surface area contributed by atoms with Crippen molar-refractivity contribution in [2.45, 2.75) is 52.2 Å². The molecule has 0 aromatic carbocycles. The minimum absolute atomic E-state index is 0.0117. The number of hydrogen-bond acceptors (Lipinski definition) is 4. The Hall–Kier alpha value is -0.160. The normalized spacial score (nSPS) is 22.4. The van der Waals surface area contributed by atoms with Crippen molar-refractivity contribution in [3.8, 4) is 0 Å². The first kappa shape index (κ1) is 17.2. The predicted octanol–water partition coefficient (Wildman–Crippen LogP) is 2.58. The SMILES string of the molecule is CCOC(CCN1CCC(CN2CCCC2)CC1)OCC. The number of nitrogens with zero attached hydrogens (tertiary/aromatic N) is 2. The fraction of sp³-hybridized carbons (Fsp3) is 1.00. The molecule has 124 valence electrons. The zero-order valence-corrected chi connectivity index (χ0v) is 14.1. The maximum absolute atomic E-state index is 5.63. The van der Waals surface area contributed by atoms with Crippen LogP contribution < -0.4 is 0 Å². The Bertz CT molecular complexity index is 256. The van der Waals surface area contributed by atoms with Crippen molar-refractivity contribution in [3.63, 3.8) is 0 Å². The zero-order valence-electron chi connectivity index (χ0n) is 14.1. The van der Waals surface area contributed by atoms with E-state index in [0.29, 0.717) is 0 Å². The van der Waals surface area contributed by atoms with Gasteiger partial charge in [0.25, 0.3) is 0 Å². The van der Waals surface area contributed by atoms with Gasteiger partial charge in [-0.3, -0.25) is 0 Å². The number of rotatable bonds is 9. The van der Waals surface area contributed by atoms with Crippen LogP contribution in [0.15, 0.2) is 0 Å². The van der Waals surface area contributed by atoms with Gasteiger partial charge in [0.15, 0.2) is 6.29 Å². The van der Waals surface area contributed by atoms with Crippen LogP contribution in [-0.2, 0) is 9.47 Å². The molecule has 0 aromatic rings. The summed E-state index contributed by atoms with van der Waals surface area (Å²) in [5, 5.41) is 0. The monoisotopic (exact) mass is 298 g/mol. The van der Waals surface area contributed by atoms with E-state index < -0.39 is 0 Å². The van der Waals surface area contributed by atoms with E-state index in [1.807, 2.05) is 13.8 Å². The molecule has 0 atom stereocenters. The first-order valence-electron chi connectivity index (χ1n) is 8.99. The van der Waals surface area contributed by atoms with Crippen LogP contribution in [0.3, 0.4) is 0 Å². The lowest BCUT2D eigenvalue weighted by Crippen LogP contribution is -2.39. The topological polar surface area (TPSA) is 24.9 Å². The molecule has 0 aromatic heterocycles. The molecule has 0 unspecified atom stereocenters. The average molecular weight is 298 g/mol. The summed E-state index contributed by atoms with van der Waals surface area (Å²) < 4.78 is 11.3. The average Bonchev–Trinajstić information content (AvgIpc) is 3.00. The van der Waals surface area contributed by atoms with Crippen molar-refractivity contribution < 1.29 is 9.47 Å². The standard InChI is InChI=1S/C17H34N2O2/c1-3-20-17(21-4-2)9-14-18-12-7-16(8-13-18)15-19-10-5-6-11-19/h16-17H,3-15H2,1-2H3. The van der Waals surface area contributed by atoms with Crippen molar-refractivity contribution >= 4 is 0 Å². The van der Waals surface area contributed by atoms with Crippen LogP contribution in [0.2, 0.25) is 0 Å². The Morgan fingerprint density at radius 2 is 1.52 bits per heavy atom. The highest BCUT2D eigenvalue weighted by molar-refractivity contribution is 4.77. The van der Waals surface area contributed by atoms with Gasteiger partial charge in [0.05, 0.1) is 0 Å². The third-order valence-electron chi connectivity index (χ3n) is 4.81. The van der Waals surface area contributed by atoms with Crippen molar-refractivity contribution in [2.24, 2.45) is 5.92 Å². The van der Waals surface area contributed by atoms with Gasteiger partial charge in [-0.2, -0.15) is 0 Å². The van der Waals surface area contributed by atoms with Gasteiger partial charge >= 0.3 is 0 Å². The summed E-state index contributed by atoms with van der Waals surface area (Å²) in [5.41, 5.74) is 0. The smallest absolute Gasteiger partial charge is 0.158 e. The fourth-order valence-electron chi connectivity index (χ4n) is 3.60. The van der Waals surface area contributed by atoms with E-state index in [0.717, 1.165) is 32.1 Å². The molecular formula is C17H34N2O2. The van der Waals surface area contributed by atoms with Crippen molar-refractivity contribution in [1.29, 1.82) is 0 Å². The molecule has 2 fully saturated rings. The summed E-state index contributed by atoms with van der Waals surface area (Å²) in [6, 6.07) is 0. The lowest BCUT2D eigenvalue weighted by Gasteiger charge is -2.34. The van der Waals surface area contributed by atoms with Crippen molar-refractivity contribution in [2.75, 3.05) is 52.5 Å². The van der Waals surface area contributed by atoms with Crippen LogP contribution >= 0.6 is 0 Å². The van der Waals surface area contributed by atoms with Crippen molar-refractivity contribution in [3.05, 3.63) is 0 Å². The van der Waals surface area contributed by atoms with Crippen LogP contribution in [-0.4, -0.2) is 68.6 Å². The first-order chi connectivity index (χ1) is 10.3. The van der Waals surface area contributed by atoms with Crippen LogP contribution in [0, 0.1) is 5.92 Å². The second-order valence-electron chi connectivity index (χ2n) is 6.42. The molecule has 21 heavy (non-hydrogen) atoms. The summed E-state index contributed by atoms with van der Waals surface area (Å²) in [6.45, 7) is 13.2. The van der Waals surface area contributed by atoms with Gasteiger partial charge in [0.1, 0.15) is 0 Å². The summed E-state index contributed by atoms with van der Waals surface area (Å²) >= 11 is 0. The fourth-order valence-corrected chi connectivity index (χ4v) is 3.60. The van der Waals surface area contributed by atoms with Crippen LogP contribution in [0.25, 0.3) is 0 Å². The molecule has 2 aliphatic rings. The minimum atomic E-state index is -0.0117. The Morgan fingerprint density at radius 3 is 2.10 bits per heavy atom. The van der Waals surface area contributed by atoms with Crippen LogP contribution in [0.5, 0.6) is 0 Å². The molecule has 4 nitrogen and oxygen atoms in total. The number of piperidine rings is 1. The number of ether oxygens (including phenoxy) is 2. The number of hydrogen-bond donors (Lipinski definition) is 0. The van der Waals surface area contributed by atoms with E-state index in [9.17, 15) is 0 Å². The molecule has 4 heteroatoms. The number of likely N-dealkylation sites (tertiary alicyclic amines) is 2. The van der Waals surface area contributed by atoms with E-state index in [2.05, 4.69) is 9.80 Å². The van der Waals surface area contributed by atoms with E-state index >= 15 is 0 Å². The molecule has 0 amide bonds. The Balaban J connectivity index is 1.59. The third kappa shape index (κ3) is 6.23. The van der Waals surface area contributed by atoms with Gasteiger partial charge in [-0.25, -0.2) is 0 Å². The molecule has 2 heterocycles. The Kier molecular flexibility index (Phi) is 8.01. The highest BCUT2D eigenvalue weighted by Gasteiger charge is 2.23. The first-order valence-corrected chi connectivity index (χ1v) is 8.99. The summed E-state index contributed by atoms with van der Waals surface area (Å²) in [5.74, 6) is 0.925. The molecule has 0 bridgehead atoms. The van der Waals surface area contributed by atoms with Gasteiger partial charge in [-0.05, 0) is 71.6 Å². The van der Waals surface area contributed by atoms with Gasteiger partial charge in [-0.15, -0.1) is 0 Å². The van der Waals surface area contributed by atoms with E-state index in [-0.39, 0.29) is 6.29 Å². The Morgan fingerprint density at radius 1 is 0.905 bits per heavy atom. The summed E-state index contributed by atoms with van der Waals surface area (Å²) in [6.07, 6.45) is 6.54. The van der Waals surface area contributed by atoms with Crippen molar-refractivity contribution in [1.82, 2.24) is 9.80 Å². The Labute approximate surface area is 130 Å². The van der Waals surface area contributed by atoms with Gasteiger partial charge in [0, 0.05) is 32.7 Å². The second kappa shape index (κ2) is 9.78. The lowest BCUT2D eigenvalue weighted by atomic mass is 9.96. The van der Waals surface area contributed by atoms with E-state index in [1.54, 1.807) is 0 Å². The molecule has 0 aliphatic carbocycles. The molecule has 2 rings (SSSR count). The zero-order chi connectivity index (χ0) is 14.9. The van der Waals surface area contributed by atoms with Gasteiger partial charge < -0.3 is 19.3 Å². The highest BCUT2D eigenvalue weighted by atomic mass is 16.7. The van der Waals surface area contributed by atoms with Gasteiger partial charge in [-0.1, -0.05) is 0 Å². The van der Waals surface area contributed by atoms with Crippen LogP contribution in [0.4, 0.5) is 0 Å². The molecular weight excluding hydrogens is 264 g/mol. The van der Waals surface area contributed by atoms with E-state index in [4.69, 9.17) is 9.47 Å².